The van der Waals surface area contributed by atoms with Gasteiger partial charge in [0.1, 0.15) is 11.9 Å². The average molecular weight is 372 g/mol. The standard InChI is InChI=1S/C19H19ClFN5/c1-26-10-14(21)8-15(11-26)23-19-16-6-7-22-9-17(16)18(24-25-19)12-2-4-13(20)5-3-12/h2-7,9,14-15H,8,10-11H2,1H3,(H,23,25)/t14-,15-/m1/s1. The molecule has 26 heavy (non-hydrogen) atoms. The van der Waals surface area contributed by atoms with Crippen molar-refractivity contribution >= 4 is 28.2 Å². The molecule has 5 nitrogen and oxygen atoms in total. The summed E-state index contributed by atoms with van der Waals surface area (Å²) >= 11 is 5.98. The van der Waals surface area contributed by atoms with Gasteiger partial charge in [-0.2, -0.15) is 0 Å². The summed E-state index contributed by atoms with van der Waals surface area (Å²) in [5, 5.41) is 14.7. The van der Waals surface area contributed by atoms with Crippen molar-refractivity contribution in [3.63, 3.8) is 0 Å². The first kappa shape index (κ1) is 17.1. The monoisotopic (exact) mass is 371 g/mol. The van der Waals surface area contributed by atoms with Gasteiger partial charge in [0.2, 0.25) is 0 Å². The van der Waals surface area contributed by atoms with Crippen LogP contribution in [0.2, 0.25) is 5.02 Å². The Morgan fingerprint density at radius 2 is 1.92 bits per heavy atom. The minimum atomic E-state index is -0.833. The molecule has 2 aromatic heterocycles. The maximum atomic E-state index is 13.9. The Morgan fingerprint density at radius 1 is 1.12 bits per heavy atom. The van der Waals surface area contributed by atoms with E-state index in [2.05, 4.69) is 20.5 Å². The number of piperidine rings is 1. The quantitative estimate of drug-likeness (QED) is 0.759. The first-order chi connectivity index (χ1) is 12.6. The molecule has 3 aromatic rings. The normalized spacial score (nSPS) is 21.0. The van der Waals surface area contributed by atoms with E-state index in [1.54, 1.807) is 12.4 Å². The second kappa shape index (κ2) is 7.13. The molecule has 4 rings (SSSR count). The van der Waals surface area contributed by atoms with E-state index < -0.39 is 6.17 Å². The van der Waals surface area contributed by atoms with Crippen LogP contribution in [0.15, 0.2) is 42.7 Å². The number of likely N-dealkylation sites (N-methyl/N-ethyl adjacent to an activating group) is 1. The Hall–Kier alpha value is -2.31. The molecular weight excluding hydrogens is 353 g/mol. The van der Waals surface area contributed by atoms with Gasteiger partial charge in [0, 0.05) is 59.3 Å². The number of hydrogen-bond acceptors (Lipinski definition) is 5. The molecule has 0 spiro atoms. The lowest BCUT2D eigenvalue weighted by Crippen LogP contribution is -2.45. The number of aromatic nitrogens is 3. The molecule has 1 N–H and O–H groups in total. The smallest absolute Gasteiger partial charge is 0.156 e. The third-order valence-electron chi connectivity index (χ3n) is 4.62. The molecule has 1 saturated heterocycles. The van der Waals surface area contributed by atoms with Crippen LogP contribution in [0.5, 0.6) is 0 Å². The van der Waals surface area contributed by atoms with E-state index in [0.29, 0.717) is 23.8 Å². The fourth-order valence-corrected chi connectivity index (χ4v) is 3.60. The summed E-state index contributed by atoms with van der Waals surface area (Å²) in [4.78, 5) is 6.23. The van der Waals surface area contributed by atoms with E-state index in [-0.39, 0.29) is 6.04 Å². The Kier molecular flexibility index (Phi) is 4.70. The van der Waals surface area contributed by atoms with Crippen LogP contribution in [0.3, 0.4) is 0 Å². The van der Waals surface area contributed by atoms with Gasteiger partial charge >= 0.3 is 0 Å². The van der Waals surface area contributed by atoms with Crippen molar-refractivity contribution in [2.24, 2.45) is 0 Å². The summed E-state index contributed by atoms with van der Waals surface area (Å²) in [6.07, 6.45) is 3.15. The van der Waals surface area contributed by atoms with Crippen LogP contribution in [-0.4, -0.2) is 52.4 Å². The van der Waals surface area contributed by atoms with Crippen molar-refractivity contribution in [3.8, 4) is 11.3 Å². The highest BCUT2D eigenvalue weighted by Gasteiger charge is 2.26. The lowest BCUT2D eigenvalue weighted by atomic mass is 10.0. The largest absolute Gasteiger partial charge is 0.364 e. The Morgan fingerprint density at radius 3 is 2.69 bits per heavy atom. The number of fused-ring (bicyclic) bond motifs is 1. The van der Waals surface area contributed by atoms with Gasteiger partial charge in [-0.1, -0.05) is 23.7 Å². The van der Waals surface area contributed by atoms with Crippen molar-refractivity contribution in [1.82, 2.24) is 20.1 Å². The van der Waals surface area contributed by atoms with Crippen molar-refractivity contribution in [2.75, 3.05) is 25.5 Å². The lowest BCUT2D eigenvalue weighted by molar-refractivity contribution is 0.153. The topological polar surface area (TPSA) is 53.9 Å². The first-order valence-electron chi connectivity index (χ1n) is 8.55. The molecule has 0 unspecified atom stereocenters. The number of nitrogens with one attached hydrogen (secondary N) is 1. The van der Waals surface area contributed by atoms with Crippen LogP contribution in [0.1, 0.15) is 6.42 Å². The lowest BCUT2D eigenvalue weighted by Gasteiger charge is -2.32. The van der Waals surface area contributed by atoms with Gasteiger partial charge in [0.05, 0.1) is 0 Å². The van der Waals surface area contributed by atoms with Crippen LogP contribution < -0.4 is 5.32 Å². The summed E-state index contributed by atoms with van der Waals surface area (Å²) < 4.78 is 13.9. The highest BCUT2D eigenvalue weighted by Crippen LogP contribution is 2.30. The zero-order chi connectivity index (χ0) is 18.1. The second-order valence-electron chi connectivity index (χ2n) is 6.72. The Balaban J connectivity index is 1.71. The molecule has 7 heteroatoms. The molecule has 134 valence electrons. The third-order valence-corrected chi connectivity index (χ3v) is 4.87. The van der Waals surface area contributed by atoms with E-state index in [1.807, 2.05) is 42.3 Å². The van der Waals surface area contributed by atoms with E-state index in [1.165, 1.54) is 0 Å². The number of likely N-dealkylation sites (tertiary alicyclic amines) is 1. The van der Waals surface area contributed by atoms with E-state index in [9.17, 15) is 4.39 Å². The predicted octanol–water partition coefficient (Wildman–Crippen LogP) is 3.80. The highest BCUT2D eigenvalue weighted by molar-refractivity contribution is 6.30. The first-order valence-corrected chi connectivity index (χ1v) is 8.93. The van der Waals surface area contributed by atoms with Crippen LogP contribution in [0.25, 0.3) is 22.0 Å². The SMILES string of the molecule is CN1C[C@H](F)C[C@@H](Nc2nnc(-c3ccc(Cl)cc3)c3cnccc23)C1. The number of pyridine rings is 1. The summed E-state index contributed by atoms with van der Waals surface area (Å²) in [5.74, 6) is 0.660. The van der Waals surface area contributed by atoms with Gasteiger partial charge in [-0.15, -0.1) is 10.2 Å². The van der Waals surface area contributed by atoms with Crippen LogP contribution in [0.4, 0.5) is 10.2 Å². The molecule has 0 radical (unpaired) electrons. The summed E-state index contributed by atoms with van der Waals surface area (Å²) in [6.45, 7) is 1.25. The molecule has 0 aliphatic carbocycles. The molecule has 2 atom stereocenters. The molecular formula is C19H19ClFN5. The van der Waals surface area contributed by atoms with Gasteiger partial charge in [-0.25, -0.2) is 4.39 Å². The molecule has 0 amide bonds. The van der Waals surface area contributed by atoms with Crippen LogP contribution in [0, 0.1) is 0 Å². The number of halogens is 2. The van der Waals surface area contributed by atoms with Crippen molar-refractivity contribution < 1.29 is 4.39 Å². The minimum Gasteiger partial charge on any atom is -0.364 e. The molecule has 3 heterocycles. The zero-order valence-electron chi connectivity index (χ0n) is 14.4. The van der Waals surface area contributed by atoms with Crippen molar-refractivity contribution in [3.05, 3.63) is 47.7 Å². The number of benzene rings is 1. The third kappa shape index (κ3) is 3.48. The number of rotatable bonds is 3. The molecule has 1 aromatic carbocycles. The van der Waals surface area contributed by atoms with Gasteiger partial charge in [0.15, 0.2) is 5.82 Å². The van der Waals surface area contributed by atoms with E-state index >= 15 is 0 Å². The maximum absolute atomic E-state index is 13.9. The fraction of sp³-hybridized carbons (Fsp3) is 0.316. The van der Waals surface area contributed by atoms with Gasteiger partial charge in [-0.3, -0.25) is 4.98 Å². The average Bonchev–Trinajstić information content (AvgIpc) is 2.62. The number of hydrogen-bond donors (Lipinski definition) is 1. The molecule has 1 aliphatic rings. The highest BCUT2D eigenvalue weighted by atomic mass is 35.5. The van der Waals surface area contributed by atoms with E-state index in [4.69, 9.17) is 11.6 Å². The number of anilines is 1. The van der Waals surface area contributed by atoms with Gasteiger partial charge in [0.25, 0.3) is 0 Å². The fourth-order valence-electron chi connectivity index (χ4n) is 3.47. The summed E-state index contributed by atoms with van der Waals surface area (Å²) in [7, 11) is 1.93. The zero-order valence-corrected chi connectivity index (χ0v) is 15.1. The second-order valence-corrected chi connectivity index (χ2v) is 7.16. The molecule has 1 fully saturated rings. The predicted molar refractivity (Wildman–Crippen MR) is 102 cm³/mol. The van der Waals surface area contributed by atoms with Crippen molar-refractivity contribution in [1.29, 1.82) is 0 Å². The number of nitrogens with zero attached hydrogens (tertiary/aromatic N) is 4. The molecule has 1 aliphatic heterocycles. The summed E-state index contributed by atoms with van der Waals surface area (Å²) in [5.41, 5.74) is 1.67. The minimum absolute atomic E-state index is 0.00389. The van der Waals surface area contributed by atoms with E-state index in [0.717, 1.165) is 28.6 Å². The van der Waals surface area contributed by atoms with Gasteiger partial charge in [-0.05, 0) is 25.2 Å². The van der Waals surface area contributed by atoms with Crippen LogP contribution in [-0.2, 0) is 0 Å². The number of alkyl halides is 1. The molecule has 0 saturated carbocycles. The molecule has 0 bridgehead atoms. The Bertz CT molecular complexity index is 907. The summed E-state index contributed by atoms with van der Waals surface area (Å²) in [6, 6.07) is 9.38. The van der Waals surface area contributed by atoms with Gasteiger partial charge < -0.3 is 10.2 Å². The van der Waals surface area contributed by atoms with Crippen LogP contribution >= 0.6 is 11.6 Å². The Labute approximate surface area is 156 Å². The maximum Gasteiger partial charge on any atom is 0.156 e. The van der Waals surface area contributed by atoms with Crippen molar-refractivity contribution in [2.45, 2.75) is 18.6 Å².